The number of hydrogen-bond donors (Lipinski definition) is 3. The molecular formula is C58H78N2O12. The molecule has 3 N–H and O–H groups in total. The average molecular weight is 995 g/mol. The summed E-state index contributed by atoms with van der Waals surface area (Å²) in [4.78, 5) is 58.7. The number of methoxy groups -OCH3 is 2. The normalized spacial score (nSPS) is 34.1. The van der Waals surface area contributed by atoms with E-state index in [4.69, 9.17) is 23.7 Å². The minimum Gasteiger partial charge on any atom is -0.488 e. The van der Waals surface area contributed by atoms with E-state index in [2.05, 4.69) is 35.5 Å². The Labute approximate surface area is 425 Å². The summed E-state index contributed by atoms with van der Waals surface area (Å²) in [5.74, 6) is -7.40. The van der Waals surface area contributed by atoms with Gasteiger partial charge in [0.2, 0.25) is 5.79 Å². The highest BCUT2D eigenvalue weighted by atomic mass is 16.7. The molecule has 392 valence electrons. The third-order valence-corrected chi connectivity index (χ3v) is 15.8. The first-order valence-corrected chi connectivity index (χ1v) is 26.1. The quantitative estimate of drug-likeness (QED) is 0.101. The number of hydrogen-bond acceptors (Lipinski definition) is 12. The molecular weight excluding hydrogens is 917 g/mol. The number of piperidine rings is 1. The maximum absolute atomic E-state index is 14.6. The van der Waals surface area contributed by atoms with Gasteiger partial charge in [-0.2, -0.15) is 0 Å². The zero-order valence-corrected chi connectivity index (χ0v) is 43.3. The van der Waals surface area contributed by atoms with Gasteiger partial charge >= 0.3 is 5.97 Å². The molecule has 1 amide bonds. The number of aliphatic hydroxyl groups is 3. The number of carbonyl (C=O) groups excluding carboxylic acids is 4. The molecule has 14 atom stereocenters. The van der Waals surface area contributed by atoms with Crippen LogP contribution >= 0.6 is 0 Å². The predicted octanol–water partition coefficient (Wildman–Crippen LogP) is 8.07. The first-order valence-electron chi connectivity index (χ1n) is 26.1. The Balaban J connectivity index is 1.14. The molecule has 0 spiro atoms. The van der Waals surface area contributed by atoms with E-state index in [9.17, 15) is 34.5 Å². The Morgan fingerprint density at radius 3 is 2.33 bits per heavy atom. The number of cyclic esters (lactones) is 1. The first-order chi connectivity index (χ1) is 34.4. The van der Waals surface area contributed by atoms with E-state index >= 15 is 0 Å². The summed E-state index contributed by atoms with van der Waals surface area (Å²) in [6.07, 6.45) is 6.23. The van der Waals surface area contributed by atoms with E-state index in [1.165, 1.54) is 24.7 Å². The molecule has 72 heavy (non-hydrogen) atoms. The number of nitrogens with zero attached hydrogens (tertiary/aromatic N) is 2. The third-order valence-electron chi connectivity index (χ3n) is 15.8. The van der Waals surface area contributed by atoms with Crippen LogP contribution in [0, 0.1) is 29.6 Å². The average Bonchev–Trinajstić information content (AvgIpc) is 3.76. The second kappa shape index (κ2) is 24.4. The van der Waals surface area contributed by atoms with Crippen LogP contribution in [0.2, 0.25) is 0 Å². The fourth-order valence-electron chi connectivity index (χ4n) is 11.7. The Bertz CT molecular complexity index is 2430. The van der Waals surface area contributed by atoms with Gasteiger partial charge in [-0.15, -0.1) is 6.58 Å². The highest BCUT2D eigenvalue weighted by Crippen LogP contribution is 2.40. The van der Waals surface area contributed by atoms with Gasteiger partial charge in [-0.1, -0.05) is 74.9 Å². The number of rotatable bonds is 10. The van der Waals surface area contributed by atoms with Crippen LogP contribution in [-0.4, -0.2) is 124 Å². The van der Waals surface area contributed by atoms with E-state index < -0.39 is 90.0 Å². The number of amides is 1. The van der Waals surface area contributed by atoms with Crippen molar-refractivity contribution in [1.29, 1.82) is 0 Å². The van der Waals surface area contributed by atoms with Crippen molar-refractivity contribution in [3.05, 3.63) is 102 Å². The number of aromatic nitrogens is 1. The van der Waals surface area contributed by atoms with Crippen molar-refractivity contribution >= 4 is 34.3 Å². The first kappa shape index (κ1) is 54.8. The van der Waals surface area contributed by atoms with Gasteiger partial charge in [-0.3, -0.25) is 14.4 Å². The number of aliphatic hydroxyl groups excluding tert-OH is 2. The highest BCUT2D eigenvalue weighted by molar-refractivity contribution is 6.39. The van der Waals surface area contributed by atoms with Gasteiger partial charge in [0.05, 0.1) is 24.4 Å². The van der Waals surface area contributed by atoms with Crippen molar-refractivity contribution in [2.75, 3.05) is 20.8 Å². The lowest BCUT2D eigenvalue weighted by atomic mass is 9.81. The van der Waals surface area contributed by atoms with Crippen molar-refractivity contribution in [3.63, 3.8) is 0 Å². The van der Waals surface area contributed by atoms with Crippen molar-refractivity contribution < 1.29 is 58.2 Å². The van der Waals surface area contributed by atoms with Crippen LogP contribution in [0.5, 0.6) is 5.75 Å². The Morgan fingerprint density at radius 2 is 1.62 bits per heavy atom. The lowest BCUT2D eigenvalue weighted by molar-refractivity contribution is -0.302. The summed E-state index contributed by atoms with van der Waals surface area (Å²) < 4.78 is 33.1. The summed E-state index contributed by atoms with van der Waals surface area (Å²) >= 11 is 0. The largest absolute Gasteiger partial charge is 0.488 e. The zero-order valence-electron chi connectivity index (χ0n) is 43.3. The number of allylic oxidation sites excluding steroid dienone is 4. The Kier molecular flexibility index (Phi) is 18.6. The second-order valence-corrected chi connectivity index (χ2v) is 21.3. The molecule has 3 fully saturated rings. The number of ether oxygens (including phenoxy) is 5. The lowest BCUT2D eigenvalue weighted by Gasteiger charge is -2.47. The molecule has 14 heteroatoms. The summed E-state index contributed by atoms with van der Waals surface area (Å²) in [6.45, 7) is 13.9. The maximum atomic E-state index is 14.6. The Morgan fingerprint density at radius 1 is 0.889 bits per heavy atom. The number of esters is 1. The minimum atomic E-state index is -2.53. The van der Waals surface area contributed by atoms with E-state index in [1.54, 1.807) is 19.9 Å². The van der Waals surface area contributed by atoms with Gasteiger partial charge < -0.3 is 48.5 Å². The molecule has 14 unspecified atom stereocenters. The van der Waals surface area contributed by atoms with Gasteiger partial charge in [-0.25, -0.2) is 4.79 Å². The third kappa shape index (κ3) is 12.7. The molecule has 1 aromatic heterocycles. The van der Waals surface area contributed by atoms with Crippen LogP contribution in [0.3, 0.4) is 0 Å². The number of Topliss-reactive ketones (excluding diaryl/α,β-unsaturated/α-hetero) is 2. The molecule has 1 saturated carbocycles. The van der Waals surface area contributed by atoms with Gasteiger partial charge in [0.25, 0.3) is 11.7 Å². The van der Waals surface area contributed by atoms with Crippen molar-refractivity contribution in [3.8, 4) is 5.75 Å². The van der Waals surface area contributed by atoms with Crippen LogP contribution < -0.4 is 4.74 Å². The number of benzene rings is 2. The molecule has 14 nitrogen and oxygen atoms in total. The standard InChI is InChI=1S/C58H78N2O12/c1-9-15-43-27-35(2)26-36(3)28-51(68-7)54-52(69-8)30-38(5)58(67,72-54)55(64)56(65)60-24-14-13-18-46(60)57(66)71-53(39(6)47(61)33-48(43)62)37(4)29-41-19-22-50(49(63)31-41)70-44-20-21-45-42(32-44)23-25-59(45)34-40-16-11-10-12-17-40/h9-12,16-17,20-21,23,25,27,29,32,36,38-39,41,43,46-47,49-54,61,63,67H,1,13-15,18-19,22,24,26,28,30-31,33-34H2,2-8H3. The number of ketones is 2. The van der Waals surface area contributed by atoms with Gasteiger partial charge in [0.15, 0.2) is 0 Å². The zero-order chi connectivity index (χ0) is 51.9. The lowest BCUT2D eigenvalue weighted by Crippen LogP contribution is -2.64. The second-order valence-electron chi connectivity index (χ2n) is 21.3. The van der Waals surface area contributed by atoms with E-state index in [-0.39, 0.29) is 43.4 Å². The summed E-state index contributed by atoms with van der Waals surface area (Å²) in [5, 5.41) is 36.7. The Hall–Kier alpha value is -4.96. The maximum Gasteiger partial charge on any atom is 0.329 e. The molecule has 3 aromatic rings. The summed E-state index contributed by atoms with van der Waals surface area (Å²) in [7, 11) is 3.06. The van der Waals surface area contributed by atoms with Crippen molar-refractivity contribution in [2.45, 2.75) is 166 Å². The monoisotopic (exact) mass is 995 g/mol. The van der Waals surface area contributed by atoms with Crippen LogP contribution in [0.1, 0.15) is 111 Å². The van der Waals surface area contributed by atoms with Crippen LogP contribution in [0.15, 0.2) is 96.7 Å². The van der Waals surface area contributed by atoms with E-state index in [1.807, 2.05) is 69.3 Å². The molecule has 3 aliphatic heterocycles. The molecule has 7 rings (SSSR count). The highest BCUT2D eigenvalue weighted by Gasteiger charge is 2.56. The molecule has 2 saturated heterocycles. The van der Waals surface area contributed by atoms with Crippen LogP contribution in [0.4, 0.5) is 0 Å². The van der Waals surface area contributed by atoms with E-state index in [0.29, 0.717) is 62.7 Å². The van der Waals surface area contributed by atoms with Crippen molar-refractivity contribution in [2.24, 2.45) is 29.6 Å². The molecule has 4 aliphatic rings. The molecule has 4 heterocycles. The SMILES string of the molecule is C=CCC1C=C(C)CC(C)CC(OC)C2OC(O)(C(=O)C(=O)N3CCCCC3C(=O)OC(C(C)=CC3CCC(Oc4ccc5c(ccn5Cc5ccccc5)c4)C(O)C3)C(C)C(O)CC1=O)C(C)CC2OC. The van der Waals surface area contributed by atoms with Crippen molar-refractivity contribution in [1.82, 2.24) is 9.47 Å². The minimum absolute atomic E-state index is 0.00709. The van der Waals surface area contributed by atoms with Gasteiger partial charge in [-0.05, 0) is 125 Å². The van der Waals surface area contributed by atoms with Crippen LogP contribution in [-0.2, 0) is 44.7 Å². The van der Waals surface area contributed by atoms with Crippen LogP contribution in [0.25, 0.3) is 10.9 Å². The predicted molar refractivity (Wildman–Crippen MR) is 274 cm³/mol. The topological polar surface area (TPSA) is 183 Å². The smallest absolute Gasteiger partial charge is 0.329 e. The molecule has 2 aromatic carbocycles. The van der Waals surface area contributed by atoms with Gasteiger partial charge in [0, 0.05) is 68.6 Å². The fourth-order valence-corrected chi connectivity index (χ4v) is 11.7. The fraction of sp³-hybridized carbons (Fsp3) is 0.586. The molecule has 0 radical (unpaired) electrons. The van der Waals surface area contributed by atoms with Gasteiger partial charge in [0.1, 0.15) is 35.9 Å². The molecule has 2 bridgehead atoms. The summed E-state index contributed by atoms with van der Waals surface area (Å²) in [5.41, 5.74) is 3.85. The summed E-state index contributed by atoms with van der Waals surface area (Å²) in [6, 6.07) is 17.1. The number of carbonyl (C=O) groups is 4. The molecule has 1 aliphatic carbocycles. The van der Waals surface area contributed by atoms with E-state index in [0.717, 1.165) is 23.0 Å². The number of fused-ring (bicyclic) bond motifs is 4.